The van der Waals surface area contributed by atoms with Gasteiger partial charge in [0.15, 0.2) is 5.17 Å². The van der Waals surface area contributed by atoms with E-state index < -0.39 is 0 Å². The minimum Gasteiger partial charge on any atom is -0.493 e. The first-order chi connectivity index (χ1) is 13.2. The van der Waals surface area contributed by atoms with Crippen LogP contribution in [-0.2, 0) is 5.75 Å². The Labute approximate surface area is 174 Å². The van der Waals surface area contributed by atoms with E-state index in [4.69, 9.17) is 10.5 Å². The monoisotopic (exact) mass is 447 g/mol. The molecule has 0 aliphatic carbocycles. The van der Waals surface area contributed by atoms with Crippen LogP contribution in [0.4, 0.5) is 0 Å². The molecular formula is C21H26BrN3OS. The van der Waals surface area contributed by atoms with Crippen molar-refractivity contribution in [2.24, 2.45) is 15.9 Å². The molecule has 0 aliphatic heterocycles. The fourth-order valence-corrected chi connectivity index (χ4v) is 3.36. The molecule has 27 heavy (non-hydrogen) atoms. The maximum absolute atomic E-state index is 5.94. The Morgan fingerprint density at radius 3 is 2.74 bits per heavy atom. The summed E-state index contributed by atoms with van der Waals surface area (Å²) in [5.41, 5.74) is 8.02. The molecule has 144 valence electrons. The minimum atomic E-state index is 0.437. The quantitative estimate of drug-likeness (QED) is 0.210. The number of halogens is 1. The van der Waals surface area contributed by atoms with Gasteiger partial charge >= 0.3 is 0 Å². The van der Waals surface area contributed by atoms with Crippen molar-refractivity contribution in [1.82, 2.24) is 0 Å². The maximum atomic E-state index is 5.94. The van der Waals surface area contributed by atoms with Crippen molar-refractivity contribution < 1.29 is 4.74 Å². The smallest absolute Gasteiger partial charge is 0.180 e. The van der Waals surface area contributed by atoms with Gasteiger partial charge in [0.2, 0.25) is 0 Å². The lowest BCUT2D eigenvalue weighted by Crippen LogP contribution is -2.06. The second-order valence-corrected chi connectivity index (χ2v) is 7.96. The van der Waals surface area contributed by atoms with Gasteiger partial charge in [-0.3, -0.25) is 0 Å². The van der Waals surface area contributed by atoms with Gasteiger partial charge in [0.1, 0.15) is 5.75 Å². The lowest BCUT2D eigenvalue weighted by molar-refractivity contribution is 0.304. The molecule has 2 rings (SSSR count). The number of nitrogens with zero attached hydrogens (tertiary/aromatic N) is 2. The van der Waals surface area contributed by atoms with Crippen molar-refractivity contribution in [3.05, 3.63) is 64.1 Å². The summed E-state index contributed by atoms with van der Waals surface area (Å²) < 4.78 is 6.87. The molecule has 4 nitrogen and oxygen atoms in total. The zero-order valence-electron chi connectivity index (χ0n) is 15.6. The molecule has 0 radical (unpaired) electrons. The van der Waals surface area contributed by atoms with E-state index in [9.17, 15) is 0 Å². The normalized spacial score (nSPS) is 11.9. The number of thioether (sulfide) groups is 1. The van der Waals surface area contributed by atoms with E-state index in [1.165, 1.54) is 36.6 Å². The van der Waals surface area contributed by atoms with E-state index in [2.05, 4.69) is 45.2 Å². The first kappa shape index (κ1) is 21.5. The second kappa shape index (κ2) is 12.6. The van der Waals surface area contributed by atoms with Crippen LogP contribution in [0.5, 0.6) is 5.75 Å². The Kier molecular flexibility index (Phi) is 10.0. The first-order valence-corrected chi connectivity index (χ1v) is 10.9. The predicted molar refractivity (Wildman–Crippen MR) is 121 cm³/mol. The molecule has 6 heteroatoms. The molecule has 0 aromatic heterocycles. The van der Waals surface area contributed by atoms with E-state index in [1.807, 2.05) is 36.4 Å². The highest BCUT2D eigenvalue weighted by Crippen LogP contribution is 2.22. The van der Waals surface area contributed by atoms with Gasteiger partial charge in [0, 0.05) is 15.8 Å². The Morgan fingerprint density at radius 1 is 1.15 bits per heavy atom. The zero-order valence-corrected chi connectivity index (χ0v) is 18.0. The number of ether oxygens (including phenoxy) is 1. The number of benzene rings is 2. The average Bonchev–Trinajstić information content (AvgIpc) is 2.68. The molecular weight excluding hydrogens is 422 g/mol. The standard InChI is InChI=1S/C21H26BrN3OS/c1-2-3-4-8-13-26-20-12-11-19(22)14-18(20)15-24-25-21(23)27-16-17-9-6-5-7-10-17/h5-7,9-12,14-15H,2-4,8,13,16H2,1H3,(H2,23,25). The zero-order chi connectivity index (χ0) is 19.3. The van der Waals surface area contributed by atoms with E-state index in [-0.39, 0.29) is 0 Å². The van der Waals surface area contributed by atoms with Crippen LogP contribution in [0.1, 0.15) is 43.7 Å². The Bertz CT molecular complexity index is 750. The summed E-state index contributed by atoms with van der Waals surface area (Å²) in [6, 6.07) is 16.0. The van der Waals surface area contributed by atoms with Gasteiger partial charge in [-0.1, -0.05) is 84.2 Å². The highest BCUT2D eigenvalue weighted by Gasteiger charge is 2.03. The summed E-state index contributed by atoms with van der Waals surface area (Å²) in [7, 11) is 0. The van der Waals surface area contributed by atoms with Gasteiger partial charge in [0.25, 0.3) is 0 Å². The highest BCUT2D eigenvalue weighted by molar-refractivity contribution is 9.10. The molecule has 0 aliphatic rings. The third-order valence-electron chi connectivity index (χ3n) is 3.81. The predicted octanol–water partition coefficient (Wildman–Crippen LogP) is 5.99. The summed E-state index contributed by atoms with van der Waals surface area (Å²) in [4.78, 5) is 0. The van der Waals surface area contributed by atoms with Crippen LogP contribution < -0.4 is 10.5 Å². The number of unbranched alkanes of at least 4 members (excludes halogenated alkanes) is 3. The van der Waals surface area contributed by atoms with Crippen molar-refractivity contribution in [3.63, 3.8) is 0 Å². The molecule has 2 aromatic rings. The fraction of sp³-hybridized carbons (Fsp3) is 0.333. The number of nitrogens with two attached hydrogens (primary N) is 1. The van der Waals surface area contributed by atoms with Gasteiger partial charge in [-0.05, 0) is 30.2 Å². The molecule has 0 heterocycles. The third-order valence-corrected chi connectivity index (χ3v) is 5.16. The van der Waals surface area contributed by atoms with Crippen molar-refractivity contribution in [1.29, 1.82) is 0 Å². The number of hydrogen-bond donors (Lipinski definition) is 1. The highest BCUT2D eigenvalue weighted by atomic mass is 79.9. The van der Waals surface area contributed by atoms with Crippen LogP contribution in [0, 0.1) is 0 Å². The van der Waals surface area contributed by atoms with Crippen LogP contribution in [0.3, 0.4) is 0 Å². The van der Waals surface area contributed by atoms with Crippen molar-refractivity contribution >= 4 is 39.1 Å². The summed E-state index contributed by atoms with van der Waals surface area (Å²) in [5.74, 6) is 1.58. The molecule has 0 amide bonds. The minimum absolute atomic E-state index is 0.437. The summed E-state index contributed by atoms with van der Waals surface area (Å²) in [5, 5.41) is 8.65. The molecule has 2 aromatic carbocycles. The Hall–Kier alpha value is -1.79. The molecule has 0 atom stereocenters. The van der Waals surface area contributed by atoms with Crippen LogP contribution in [0.15, 0.2) is 63.2 Å². The molecule has 0 saturated carbocycles. The van der Waals surface area contributed by atoms with Gasteiger partial charge < -0.3 is 10.5 Å². The first-order valence-electron chi connectivity index (χ1n) is 9.14. The second-order valence-electron chi connectivity index (χ2n) is 6.05. The molecule has 0 bridgehead atoms. The van der Waals surface area contributed by atoms with Gasteiger partial charge in [0.05, 0.1) is 12.8 Å². The van der Waals surface area contributed by atoms with Crippen LogP contribution >= 0.6 is 27.7 Å². The molecule has 0 spiro atoms. The van der Waals surface area contributed by atoms with Crippen molar-refractivity contribution in [2.75, 3.05) is 6.61 Å². The van der Waals surface area contributed by atoms with E-state index in [1.54, 1.807) is 6.21 Å². The Balaban J connectivity index is 1.91. The number of amidine groups is 1. The van der Waals surface area contributed by atoms with E-state index >= 15 is 0 Å². The summed E-state index contributed by atoms with van der Waals surface area (Å²) >= 11 is 4.96. The van der Waals surface area contributed by atoms with Gasteiger partial charge in [-0.25, -0.2) is 0 Å². The lowest BCUT2D eigenvalue weighted by atomic mass is 10.2. The SMILES string of the molecule is CCCCCCOc1ccc(Br)cc1C=NN=C(N)SCc1ccccc1. The van der Waals surface area contributed by atoms with Crippen LogP contribution in [0.2, 0.25) is 0 Å². The molecule has 0 saturated heterocycles. The van der Waals surface area contributed by atoms with Crippen molar-refractivity contribution in [2.45, 2.75) is 38.4 Å². The van der Waals surface area contributed by atoms with E-state index in [0.717, 1.165) is 28.0 Å². The van der Waals surface area contributed by atoms with Crippen molar-refractivity contribution in [3.8, 4) is 5.75 Å². The fourth-order valence-electron chi connectivity index (χ4n) is 2.37. The van der Waals surface area contributed by atoms with Crippen LogP contribution in [0.25, 0.3) is 0 Å². The average molecular weight is 448 g/mol. The molecule has 0 unspecified atom stereocenters. The largest absolute Gasteiger partial charge is 0.493 e. The van der Waals surface area contributed by atoms with E-state index in [0.29, 0.717) is 11.8 Å². The topological polar surface area (TPSA) is 60.0 Å². The molecule has 0 fully saturated rings. The number of hydrogen-bond acceptors (Lipinski definition) is 4. The third kappa shape index (κ3) is 8.63. The number of rotatable bonds is 10. The summed E-state index contributed by atoms with van der Waals surface area (Å²) in [6.07, 6.45) is 6.39. The van der Waals surface area contributed by atoms with Gasteiger partial charge in [-0.15, -0.1) is 5.10 Å². The summed E-state index contributed by atoms with van der Waals surface area (Å²) in [6.45, 7) is 2.91. The maximum Gasteiger partial charge on any atom is 0.180 e. The van der Waals surface area contributed by atoms with Gasteiger partial charge in [-0.2, -0.15) is 5.10 Å². The van der Waals surface area contributed by atoms with Crippen LogP contribution in [-0.4, -0.2) is 18.0 Å². The Morgan fingerprint density at radius 2 is 1.96 bits per heavy atom. The molecule has 2 N–H and O–H groups in total. The lowest BCUT2D eigenvalue weighted by Gasteiger charge is -2.09.